The predicted molar refractivity (Wildman–Crippen MR) is 99.6 cm³/mol. The Hall–Kier alpha value is -2.48. The van der Waals surface area contributed by atoms with Gasteiger partial charge < -0.3 is 15.0 Å². The van der Waals surface area contributed by atoms with Crippen LogP contribution in [-0.2, 0) is 11.0 Å². The Labute approximate surface area is 165 Å². The van der Waals surface area contributed by atoms with Gasteiger partial charge in [0.1, 0.15) is 11.6 Å². The van der Waals surface area contributed by atoms with Crippen LogP contribution in [0.2, 0.25) is 5.02 Å². The number of nitrogens with zero attached hydrogens (tertiary/aromatic N) is 2. The molecule has 1 fully saturated rings. The summed E-state index contributed by atoms with van der Waals surface area (Å²) in [6, 6.07) is 9.29. The number of pyridine rings is 1. The van der Waals surface area contributed by atoms with Gasteiger partial charge >= 0.3 is 6.18 Å². The average molecular weight is 414 g/mol. The smallest absolute Gasteiger partial charge is 0.417 e. The van der Waals surface area contributed by atoms with Gasteiger partial charge in [0.05, 0.1) is 10.6 Å². The fraction of sp³-hybridized carbons (Fsp3) is 0.368. The SMILES string of the molecule is O=C(COc1ccccc1Cl)NC1CCN(c2ccc(C(F)(F)F)cn2)CC1. The Bertz CT molecular complexity index is 807. The molecule has 1 saturated heterocycles. The second kappa shape index (κ2) is 8.68. The van der Waals surface area contributed by atoms with Gasteiger partial charge in [-0.3, -0.25) is 4.79 Å². The Morgan fingerprint density at radius 1 is 1.21 bits per heavy atom. The zero-order chi connectivity index (χ0) is 20.1. The lowest BCUT2D eigenvalue weighted by molar-refractivity contribution is -0.137. The molecule has 0 unspecified atom stereocenters. The van der Waals surface area contributed by atoms with Crippen molar-refractivity contribution in [1.82, 2.24) is 10.3 Å². The Kier molecular flexibility index (Phi) is 6.28. The molecule has 0 radical (unpaired) electrons. The maximum atomic E-state index is 12.6. The van der Waals surface area contributed by atoms with E-state index >= 15 is 0 Å². The van der Waals surface area contributed by atoms with Crippen molar-refractivity contribution < 1.29 is 22.7 Å². The lowest BCUT2D eigenvalue weighted by atomic mass is 10.0. The van der Waals surface area contributed by atoms with Crippen LogP contribution in [-0.4, -0.2) is 36.6 Å². The minimum atomic E-state index is -4.39. The van der Waals surface area contributed by atoms with Crippen molar-refractivity contribution in [1.29, 1.82) is 0 Å². The van der Waals surface area contributed by atoms with Crippen molar-refractivity contribution in [3.8, 4) is 5.75 Å². The lowest BCUT2D eigenvalue weighted by Crippen LogP contribution is -2.46. The van der Waals surface area contributed by atoms with Crippen LogP contribution in [0.3, 0.4) is 0 Å². The summed E-state index contributed by atoms with van der Waals surface area (Å²) in [6.07, 6.45) is -2.22. The first-order chi connectivity index (χ1) is 13.3. The number of alkyl halides is 3. The first-order valence-electron chi connectivity index (χ1n) is 8.78. The number of hydrogen-bond donors (Lipinski definition) is 1. The van der Waals surface area contributed by atoms with Gasteiger partial charge in [0.15, 0.2) is 6.61 Å². The molecular formula is C19H19ClF3N3O2. The molecule has 5 nitrogen and oxygen atoms in total. The molecule has 1 aliphatic rings. The highest BCUT2D eigenvalue weighted by Crippen LogP contribution is 2.29. The number of carbonyl (C=O) groups is 1. The van der Waals surface area contributed by atoms with Crippen LogP contribution in [0.4, 0.5) is 19.0 Å². The van der Waals surface area contributed by atoms with Crippen molar-refractivity contribution in [2.24, 2.45) is 0 Å². The number of para-hydroxylation sites is 1. The number of benzene rings is 1. The predicted octanol–water partition coefficient (Wildman–Crippen LogP) is 3.92. The van der Waals surface area contributed by atoms with Crippen molar-refractivity contribution in [2.45, 2.75) is 25.1 Å². The molecule has 0 spiro atoms. The van der Waals surface area contributed by atoms with Gasteiger partial charge in [-0.2, -0.15) is 13.2 Å². The summed E-state index contributed by atoms with van der Waals surface area (Å²) >= 11 is 5.98. The van der Waals surface area contributed by atoms with Crippen LogP contribution in [0.5, 0.6) is 5.75 Å². The summed E-state index contributed by atoms with van der Waals surface area (Å²) in [5.74, 6) is 0.702. The number of aromatic nitrogens is 1. The molecule has 1 aliphatic heterocycles. The minimum Gasteiger partial charge on any atom is -0.482 e. The summed E-state index contributed by atoms with van der Waals surface area (Å²) in [5, 5.41) is 3.34. The topological polar surface area (TPSA) is 54.5 Å². The summed E-state index contributed by atoms with van der Waals surface area (Å²) in [5.41, 5.74) is -0.767. The summed E-state index contributed by atoms with van der Waals surface area (Å²) in [7, 11) is 0. The van der Waals surface area contributed by atoms with Gasteiger partial charge in [-0.25, -0.2) is 4.98 Å². The zero-order valence-corrected chi connectivity index (χ0v) is 15.6. The Balaban J connectivity index is 1.45. The molecule has 3 rings (SSSR count). The van der Waals surface area contributed by atoms with E-state index in [9.17, 15) is 18.0 Å². The van der Waals surface area contributed by atoms with E-state index in [1.807, 2.05) is 4.90 Å². The molecule has 0 aliphatic carbocycles. The monoisotopic (exact) mass is 413 g/mol. The lowest BCUT2D eigenvalue weighted by Gasteiger charge is -2.33. The molecule has 1 aromatic heterocycles. The highest BCUT2D eigenvalue weighted by atomic mass is 35.5. The highest BCUT2D eigenvalue weighted by molar-refractivity contribution is 6.32. The molecule has 9 heteroatoms. The largest absolute Gasteiger partial charge is 0.482 e. The third kappa shape index (κ3) is 5.28. The van der Waals surface area contributed by atoms with E-state index in [-0.39, 0.29) is 18.6 Å². The Morgan fingerprint density at radius 2 is 1.93 bits per heavy atom. The van der Waals surface area contributed by atoms with Crippen LogP contribution in [0, 0.1) is 0 Å². The number of nitrogens with one attached hydrogen (secondary N) is 1. The zero-order valence-electron chi connectivity index (χ0n) is 14.9. The molecule has 0 saturated carbocycles. The third-order valence-corrected chi connectivity index (χ3v) is 4.77. The van der Waals surface area contributed by atoms with E-state index in [2.05, 4.69) is 10.3 Å². The molecule has 1 aromatic carbocycles. The number of rotatable bonds is 5. The molecule has 2 heterocycles. The minimum absolute atomic E-state index is 0.0203. The van der Waals surface area contributed by atoms with Gasteiger partial charge in [-0.05, 0) is 37.1 Å². The maximum absolute atomic E-state index is 12.6. The van der Waals surface area contributed by atoms with Crippen LogP contribution in [0.15, 0.2) is 42.6 Å². The van der Waals surface area contributed by atoms with Gasteiger partial charge in [0.2, 0.25) is 0 Å². The number of anilines is 1. The number of ether oxygens (including phenoxy) is 1. The van der Waals surface area contributed by atoms with Gasteiger partial charge in [0, 0.05) is 25.3 Å². The van der Waals surface area contributed by atoms with Crippen LogP contribution >= 0.6 is 11.6 Å². The summed E-state index contributed by atoms with van der Waals surface area (Å²) in [4.78, 5) is 17.9. The first kappa shape index (κ1) is 20.3. The molecule has 1 N–H and O–H groups in total. The maximum Gasteiger partial charge on any atom is 0.417 e. The molecule has 150 valence electrons. The van der Waals surface area contributed by atoms with Gasteiger partial charge in [-0.15, -0.1) is 0 Å². The second-order valence-corrected chi connectivity index (χ2v) is 6.86. The number of hydrogen-bond acceptors (Lipinski definition) is 4. The molecule has 1 amide bonds. The Morgan fingerprint density at radius 3 is 2.54 bits per heavy atom. The molecule has 0 atom stereocenters. The number of carbonyl (C=O) groups excluding carboxylic acids is 1. The van der Waals surface area contributed by atoms with Gasteiger partial charge in [0.25, 0.3) is 5.91 Å². The fourth-order valence-electron chi connectivity index (χ4n) is 2.97. The standard InChI is InChI=1S/C19H19ClF3N3O2/c20-15-3-1-2-4-16(15)28-12-18(27)25-14-7-9-26(10-8-14)17-6-5-13(11-24-17)19(21,22)23/h1-6,11,14H,7-10,12H2,(H,25,27). The molecule has 0 bridgehead atoms. The van der Waals surface area contributed by atoms with Crippen molar-refractivity contribution in [3.63, 3.8) is 0 Å². The number of halogens is 4. The summed E-state index contributed by atoms with van der Waals surface area (Å²) in [6.45, 7) is 1.05. The number of piperidine rings is 1. The van der Waals surface area contributed by atoms with E-state index < -0.39 is 11.7 Å². The van der Waals surface area contributed by atoms with Crippen molar-refractivity contribution >= 4 is 23.3 Å². The van der Waals surface area contributed by atoms with E-state index in [1.54, 1.807) is 24.3 Å². The van der Waals surface area contributed by atoms with Crippen molar-refractivity contribution in [3.05, 3.63) is 53.2 Å². The molecule has 2 aromatic rings. The fourth-order valence-corrected chi connectivity index (χ4v) is 3.16. The molecular weight excluding hydrogens is 395 g/mol. The van der Waals surface area contributed by atoms with Crippen LogP contribution < -0.4 is 15.0 Å². The second-order valence-electron chi connectivity index (χ2n) is 6.45. The van der Waals surface area contributed by atoms with E-state index in [0.717, 1.165) is 12.3 Å². The highest BCUT2D eigenvalue weighted by Gasteiger charge is 2.31. The van der Waals surface area contributed by atoms with E-state index in [0.29, 0.717) is 42.5 Å². The quantitative estimate of drug-likeness (QED) is 0.807. The summed E-state index contributed by atoms with van der Waals surface area (Å²) < 4.78 is 43.3. The molecule has 28 heavy (non-hydrogen) atoms. The van der Waals surface area contributed by atoms with Crippen LogP contribution in [0.1, 0.15) is 18.4 Å². The van der Waals surface area contributed by atoms with Gasteiger partial charge in [-0.1, -0.05) is 23.7 Å². The van der Waals surface area contributed by atoms with Crippen molar-refractivity contribution in [2.75, 3.05) is 24.6 Å². The first-order valence-corrected chi connectivity index (χ1v) is 9.15. The van der Waals surface area contributed by atoms with Crippen LogP contribution in [0.25, 0.3) is 0 Å². The van der Waals surface area contributed by atoms with E-state index in [1.165, 1.54) is 6.07 Å². The normalized spacial score (nSPS) is 15.4. The van der Waals surface area contributed by atoms with E-state index in [4.69, 9.17) is 16.3 Å². The third-order valence-electron chi connectivity index (χ3n) is 4.45. The number of amides is 1. The average Bonchev–Trinajstić information content (AvgIpc) is 2.67.